The zero-order valence-corrected chi connectivity index (χ0v) is 14.8. The Morgan fingerprint density at radius 3 is 2.47 bits per heavy atom. The average Bonchev–Trinajstić information content (AvgIpc) is 2.38. The van der Waals surface area contributed by atoms with Crippen LogP contribution in [0.3, 0.4) is 0 Å². The van der Waals surface area contributed by atoms with E-state index in [2.05, 4.69) is 66.9 Å². The van der Waals surface area contributed by atoms with Crippen molar-refractivity contribution in [1.29, 1.82) is 0 Å². The highest BCUT2D eigenvalue weighted by atomic mass is 79.9. The van der Waals surface area contributed by atoms with Gasteiger partial charge in [0.25, 0.3) is 0 Å². The topological polar surface area (TPSA) is 0 Å². The molecule has 2 atom stereocenters. The smallest absolute Gasteiger partial charge is 0.127 e. The fourth-order valence-electron chi connectivity index (χ4n) is 2.19. The van der Waals surface area contributed by atoms with Gasteiger partial charge in [-0.05, 0) is 35.3 Å². The molecule has 2 rings (SSSR count). The molecule has 0 saturated carbocycles. The summed E-state index contributed by atoms with van der Waals surface area (Å²) in [6.45, 7) is 6.93. The highest BCUT2D eigenvalue weighted by Crippen LogP contribution is 2.56. The van der Waals surface area contributed by atoms with Crippen molar-refractivity contribution in [3.63, 3.8) is 0 Å². The zero-order valence-electron chi connectivity index (χ0n) is 11.6. The van der Waals surface area contributed by atoms with E-state index < -0.39 is 0 Å². The Kier molecular flexibility index (Phi) is 4.65. The van der Waals surface area contributed by atoms with Crippen LogP contribution in [0.15, 0.2) is 28.7 Å². The molecule has 0 bridgehead atoms. The predicted octanol–water partition coefficient (Wildman–Crippen LogP) is 5.52. The van der Waals surface area contributed by atoms with E-state index in [0.29, 0.717) is 10.7 Å². The molecule has 1 aliphatic rings. The van der Waals surface area contributed by atoms with Gasteiger partial charge in [-0.2, -0.15) is 0 Å². The number of benzene rings is 1. The van der Waals surface area contributed by atoms with Gasteiger partial charge in [0.1, 0.15) is 4.08 Å². The zero-order chi connectivity index (χ0) is 14.1. The molecule has 19 heavy (non-hydrogen) atoms. The second-order valence-electron chi connectivity index (χ2n) is 5.88. The van der Waals surface area contributed by atoms with Crippen molar-refractivity contribution < 1.29 is 0 Å². The largest absolute Gasteiger partial charge is 0.147 e. The van der Waals surface area contributed by atoms with Crippen LogP contribution < -0.4 is 0 Å². The van der Waals surface area contributed by atoms with Gasteiger partial charge in [-0.25, -0.2) is 0 Å². The minimum absolute atomic E-state index is 0.225. The van der Waals surface area contributed by atoms with E-state index in [1.807, 2.05) is 23.5 Å². The Hall–Kier alpha value is -0.0400. The highest BCUT2D eigenvalue weighted by molar-refractivity contribution is 9.10. The number of hydrogen-bond acceptors (Lipinski definition) is 2. The van der Waals surface area contributed by atoms with E-state index in [1.54, 1.807) is 0 Å². The van der Waals surface area contributed by atoms with Crippen LogP contribution in [0, 0.1) is 17.8 Å². The lowest BCUT2D eigenvalue weighted by Crippen LogP contribution is -2.33. The van der Waals surface area contributed by atoms with E-state index in [0.717, 1.165) is 10.2 Å². The summed E-state index contributed by atoms with van der Waals surface area (Å²) in [5.41, 5.74) is 1.53. The molecule has 102 valence electrons. The highest BCUT2D eigenvalue weighted by Gasteiger charge is 2.41. The number of hydrogen-bond donors (Lipinski definition) is 0. The van der Waals surface area contributed by atoms with E-state index in [-0.39, 0.29) is 4.08 Å². The number of terminal acetylenes is 1. The third kappa shape index (κ3) is 3.35. The summed E-state index contributed by atoms with van der Waals surface area (Å²) in [5, 5.41) is 0.605. The molecule has 2 unspecified atom stereocenters. The summed E-state index contributed by atoms with van der Waals surface area (Å²) < 4.78 is 0.873. The van der Waals surface area contributed by atoms with Crippen LogP contribution in [0.5, 0.6) is 0 Å². The van der Waals surface area contributed by atoms with Gasteiger partial charge in [-0.1, -0.05) is 54.8 Å². The molecule has 0 radical (unpaired) electrons. The summed E-state index contributed by atoms with van der Waals surface area (Å²) >= 11 is 7.34. The normalized spacial score (nSPS) is 27.8. The van der Waals surface area contributed by atoms with Gasteiger partial charge in [0.15, 0.2) is 0 Å². The summed E-state index contributed by atoms with van der Waals surface area (Å²) in [5.74, 6) is 4.20. The molecule has 0 aliphatic carbocycles. The molecule has 3 heteroatoms. The molecule has 1 aromatic carbocycles. The molecule has 0 nitrogen and oxygen atoms in total. The minimum atomic E-state index is -0.225. The number of halogens is 1. The van der Waals surface area contributed by atoms with Crippen molar-refractivity contribution in [1.82, 2.24) is 0 Å². The van der Waals surface area contributed by atoms with Gasteiger partial charge in [0.2, 0.25) is 0 Å². The first-order valence-electron chi connectivity index (χ1n) is 6.43. The quantitative estimate of drug-likeness (QED) is 0.609. The van der Waals surface area contributed by atoms with Gasteiger partial charge in [0, 0.05) is 9.72 Å². The van der Waals surface area contributed by atoms with Crippen molar-refractivity contribution in [2.45, 2.75) is 36.5 Å². The summed E-state index contributed by atoms with van der Waals surface area (Å²) in [6, 6.07) is 8.45. The molecule has 1 aromatic rings. The fraction of sp³-hybridized carbons (Fsp3) is 0.500. The molecule has 1 aliphatic heterocycles. The first-order chi connectivity index (χ1) is 8.87. The van der Waals surface area contributed by atoms with E-state index >= 15 is 0 Å². The molecule has 0 aromatic heterocycles. The van der Waals surface area contributed by atoms with Crippen LogP contribution in [0.1, 0.15) is 32.8 Å². The van der Waals surface area contributed by atoms with Crippen LogP contribution in [0.2, 0.25) is 0 Å². The maximum Gasteiger partial charge on any atom is 0.147 e. The van der Waals surface area contributed by atoms with Crippen molar-refractivity contribution in [2.75, 3.05) is 5.75 Å². The Bertz CT molecular complexity index is 481. The van der Waals surface area contributed by atoms with Gasteiger partial charge < -0.3 is 0 Å². The molecule has 1 heterocycles. The molecule has 0 spiro atoms. The van der Waals surface area contributed by atoms with Crippen molar-refractivity contribution in [3.05, 3.63) is 34.3 Å². The van der Waals surface area contributed by atoms with Gasteiger partial charge in [0.05, 0.1) is 0 Å². The maximum atomic E-state index is 5.91. The van der Waals surface area contributed by atoms with Crippen LogP contribution in [0.25, 0.3) is 0 Å². The Labute approximate surface area is 133 Å². The third-order valence-corrected chi connectivity index (χ3v) is 7.66. The third-order valence-electron chi connectivity index (χ3n) is 3.37. The SMILES string of the molecule is C#CC1(c2ccc(Br)cc2)SCCC(C(C)(C)C)S1. The first-order valence-corrected chi connectivity index (χ1v) is 9.09. The van der Waals surface area contributed by atoms with Crippen LogP contribution in [-0.2, 0) is 4.08 Å². The van der Waals surface area contributed by atoms with Gasteiger partial charge in [-0.15, -0.1) is 29.9 Å². The Balaban J connectivity index is 2.33. The molecular formula is C16H19BrS2. The monoisotopic (exact) mass is 354 g/mol. The van der Waals surface area contributed by atoms with Gasteiger partial charge in [-0.3, -0.25) is 0 Å². The van der Waals surface area contributed by atoms with Crippen LogP contribution in [0.4, 0.5) is 0 Å². The Morgan fingerprint density at radius 1 is 1.32 bits per heavy atom. The molecule has 0 N–H and O–H groups in total. The second kappa shape index (κ2) is 5.76. The standard InChI is InChI=1S/C16H19BrS2/c1-5-16(12-6-8-13(17)9-7-12)18-11-10-14(19-16)15(2,3)4/h1,6-9,14H,10-11H2,2-4H3. The lowest BCUT2D eigenvalue weighted by molar-refractivity contribution is 0.386. The predicted molar refractivity (Wildman–Crippen MR) is 92.6 cm³/mol. The molecule has 1 saturated heterocycles. The maximum absolute atomic E-state index is 5.91. The lowest BCUT2D eigenvalue weighted by Gasteiger charge is -2.42. The van der Waals surface area contributed by atoms with Crippen molar-refractivity contribution in [2.24, 2.45) is 5.41 Å². The fourth-order valence-corrected chi connectivity index (χ4v) is 5.83. The minimum Gasteiger partial charge on any atom is -0.127 e. The summed E-state index contributed by atoms with van der Waals surface area (Å²) in [4.78, 5) is 0. The molecule has 1 fully saturated rings. The van der Waals surface area contributed by atoms with Crippen LogP contribution in [-0.4, -0.2) is 11.0 Å². The van der Waals surface area contributed by atoms with Crippen LogP contribution >= 0.6 is 39.5 Å². The second-order valence-corrected chi connectivity index (χ2v) is 9.78. The Morgan fingerprint density at radius 2 is 1.95 bits per heavy atom. The first kappa shape index (κ1) is 15.4. The number of rotatable bonds is 1. The molecular weight excluding hydrogens is 336 g/mol. The molecule has 0 amide bonds. The van der Waals surface area contributed by atoms with Crippen molar-refractivity contribution in [3.8, 4) is 12.3 Å². The summed E-state index contributed by atoms with van der Waals surface area (Å²) in [7, 11) is 0. The van der Waals surface area contributed by atoms with E-state index in [1.165, 1.54) is 12.0 Å². The lowest BCUT2D eigenvalue weighted by atomic mass is 9.90. The van der Waals surface area contributed by atoms with E-state index in [4.69, 9.17) is 6.42 Å². The average molecular weight is 355 g/mol. The van der Waals surface area contributed by atoms with E-state index in [9.17, 15) is 0 Å². The van der Waals surface area contributed by atoms with Crippen molar-refractivity contribution >= 4 is 39.5 Å². The summed E-state index contributed by atoms with van der Waals surface area (Å²) in [6.07, 6.45) is 7.15. The van der Waals surface area contributed by atoms with Gasteiger partial charge >= 0.3 is 0 Å². The number of thioether (sulfide) groups is 2.